The maximum absolute atomic E-state index is 6.11. The number of hydrogen-bond donors (Lipinski definition) is 1. The van der Waals surface area contributed by atoms with Crippen LogP contribution >= 0.6 is 0 Å². The van der Waals surface area contributed by atoms with Crippen molar-refractivity contribution in [2.24, 2.45) is 0 Å². The second-order valence-corrected chi connectivity index (χ2v) is 8.54. The van der Waals surface area contributed by atoms with Crippen LogP contribution in [0, 0.1) is 0 Å². The Balaban J connectivity index is 4.16. The summed E-state index contributed by atoms with van der Waals surface area (Å²) in [5.74, 6) is 0. The summed E-state index contributed by atoms with van der Waals surface area (Å²) in [5.41, 5.74) is 0.0115. The smallest absolute Gasteiger partial charge is 0.263 e. The van der Waals surface area contributed by atoms with Crippen LogP contribution in [0.1, 0.15) is 41.0 Å². The molecule has 0 aliphatic rings. The van der Waals surface area contributed by atoms with Gasteiger partial charge in [0.1, 0.15) is 0 Å². The van der Waals surface area contributed by atoms with Crippen LogP contribution in [0.25, 0.3) is 0 Å². The molecular weight excluding hydrogens is 178 g/mol. The molecule has 80 valence electrons. The molecule has 0 aromatic rings. The van der Waals surface area contributed by atoms with Gasteiger partial charge in [-0.1, -0.05) is 20.8 Å². The van der Waals surface area contributed by atoms with E-state index in [1.807, 2.05) is 0 Å². The van der Waals surface area contributed by atoms with Crippen molar-refractivity contribution >= 4 is 8.48 Å². The second kappa shape index (κ2) is 4.58. The summed E-state index contributed by atoms with van der Waals surface area (Å²) >= 11 is 0. The van der Waals surface area contributed by atoms with Crippen molar-refractivity contribution in [3.63, 3.8) is 0 Å². The van der Waals surface area contributed by atoms with Crippen LogP contribution in [0.2, 0.25) is 13.1 Å². The van der Waals surface area contributed by atoms with Crippen LogP contribution in [0.3, 0.4) is 0 Å². The lowest BCUT2D eigenvalue weighted by Crippen LogP contribution is -2.55. The van der Waals surface area contributed by atoms with E-state index >= 15 is 0 Å². The Labute approximate surface area is 84.3 Å². The highest BCUT2D eigenvalue weighted by atomic mass is 28.4. The zero-order valence-electron chi connectivity index (χ0n) is 10.2. The highest BCUT2D eigenvalue weighted by Crippen LogP contribution is 2.19. The molecule has 13 heavy (non-hydrogen) atoms. The first-order chi connectivity index (χ1) is 5.68. The van der Waals surface area contributed by atoms with Crippen LogP contribution in [-0.2, 0) is 4.43 Å². The second-order valence-electron chi connectivity index (χ2n) is 5.02. The van der Waals surface area contributed by atoms with Gasteiger partial charge in [0.05, 0.1) is 5.60 Å². The Morgan fingerprint density at radius 3 is 2.08 bits per heavy atom. The zero-order valence-corrected chi connectivity index (χ0v) is 11.2. The normalized spacial score (nSPS) is 13.8. The fraction of sp³-hybridized carbons (Fsp3) is 1.00. The van der Waals surface area contributed by atoms with Crippen LogP contribution in [0.4, 0.5) is 0 Å². The van der Waals surface area contributed by atoms with E-state index in [2.05, 4.69) is 52.7 Å². The fourth-order valence-electron chi connectivity index (χ4n) is 1.49. The number of hydrogen-bond acceptors (Lipinski definition) is 2. The molecule has 0 aliphatic carbocycles. The van der Waals surface area contributed by atoms with E-state index in [4.69, 9.17) is 4.43 Å². The SMILES string of the molecule is CCC(C)(C)O[Si](C)(C)NC(C)C. The minimum absolute atomic E-state index is 0.0115. The van der Waals surface area contributed by atoms with Crippen LogP contribution in [0.15, 0.2) is 0 Å². The Morgan fingerprint density at radius 2 is 1.77 bits per heavy atom. The van der Waals surface area contributed by atoms with Crippen LogP contribution in [0.5, 0.6) is 0 Å². The first kappa shape index (κ1) is 13.1. The van der Waals surface area contributed by atoms with Gasteiger partial charge in [0.15, 0.2) is 0 Å². The lowest BCUT2D eigenvalue weighted by atomic mass is 10.1. The predicted octanol–water partition coefficient (Wildman–Crippen LogP) is 2.89. The molecule has 0 amide bonds. The molecule has 0 atom stereocenters. The van der Waals surface area contributed by atoms with E-state index in [1.165, 1.54) is 0 Å². The number of nitrogens with one attached hydrogen (secondary N) is 1. The Kier molecular flexibility index (Phi) is 4.62. The quantitative estimate of drug-likeness (QED) is 0.694. The van der Waals surface area contributed by atoms with Crippen molar-refractivity contribution in [2.45, 2.75) is 65.8 Å². The van der Waals surface area contributed by atoms with Gasteiger partial charge >= 0.3 is 0 Å². The standard InChI is InChI=1S/C10H25NOSi/c1-8-10(4,5)12-13(6,7)11-9(2)3/h9,11H,8H2,1-7H3. The summed E-state index contributed by atoms with van der Waals surface area (Å²) in [6.07, 6.45) is 1.06. The average Bonchev–Trinajstić information content (AvgIpc) is 1.81. The minimum atomic E-state index is -1.67. The monoisotopic (exact) mass is 203 g/mol. The van der Waals surface area contributed by atoms with Gasteiger partial charge in [0.2, 0.25) is 0 Å². The number of rotatable bonds is 5. The summed E-state index contributed by atoms with van der Waals surface area (Å²) in [5, 5.41) is 0. The molecule has 0 saturated carbocycles. The van der Waals surface area contributed by atoms with Gasteiger partial charge in [0.25, 0.3) is 8.48 Å². The highest BCUT2D eigenvalue weighted by Gasteiger charge is 2.30. The van der Waals surface area contributed by atoms with E-state index in [0.29, 0.717) is 6.04 Å². The molecule has 0 heterocycles. The van der Waals surface area contributed by atoms with Gasteiger partial charge in [-0.2, -0.15) is 0 Å². The van der Waals surface area contributed by atoms with Gasteiger partial charge < -0.3 is 9.41 Å². The van der Waals surface area contributed by atoms with E-state index in [9.17, 15) is 0 Å². The third-order valence-electron chi connectivity index (χ3n) is 2.02. The summed E-state index contributed by atoms with van der Waals surface area (Å²) in [6.45, 7) is 15.2. The van der Waals surface area contributed by atoms with Crippen molar-refractivity contribution in [3.05, 3.63) is 0 Å². The molecule has 0 rings (SSSR count). The third kappa shape index (κ3) is 6.24. The summed E-state index contributed by atoms with van der Waals surface area (Å²) < 4.78 is 6.11. The maximum atomic E-state index is 6.11. The Bertz CT molecular complexity index is 155. The molecule has 0 aromatic carbocycles. The Morgan fingerprint density at radius 1 is 1.31 bits per heavy atom. The van der Waals surface area contributed by atoms with Crippen LogP contribution in [-0.4, -0.2) is 20.1 Å². The van der Waals surface area contributed by atoms with Gasteiger partial charge in [-0.05, 0) is 39.4 Å². The van der Waals surface area contributed by atoms with Crippen molar-refractivity contribution in [1.82, 2.24) is 4.98 Å². The molecule has 2 nitrogen and oxygen atoms in total. The van der Waals surface area contributed by atoms with Gasteiger partial charge in [-0.25, -0.2) is 0 Å². The van der Waals surface area contributed by atoms with E-state index in [1.54, 1.807) is 0 Å². The molecule has 0 spiro atoms. The van der Waals surface area contributed by atoms with E-state index in [0.717, 1.165) is 6.42 Å². The molecule has 0 aliphatic heterocycles. The lowest BCUT2D eigenvalue weighted by Gasteiger charge is -2.35. The largest absolute Gasteiger partial charge is 0.398 e. The molecule has 0 bridgehead atoms. The topological polar surface area (TPSA) is 21.3 Å². The van der Waals surface area contributed by atoms with Gasteiger partial charge in [0, 0.05) is 0 Å². The summed E-state index contributed by atoms with van der Waals surface area (Å²) in [7, 11) is -1.67. The molecule has 0 unspecified atom stereocenters. The average molecular weight is 203 g/mol. The molecule has 0 aromatic heterocycles. The molecule has 0 radical (unpaired) electrons. The van der Waals surface area contributed by atoms with Gasteiger partial charge in [-0.3, -0.25) is 0 Å². The molecular formula is C10H25NOSi. The highest BCUT2D eigenvalue weighted by molar-refractivity contribution is 6.68. The lowest BCUT2D eigenvalue weighted by molar-refractivity contribution is 0.0901. The third-order valence-corrected chi connectivity index (χ3v) is 4.35. The van der Waals surface area contributed by atoms with Crippen molar-refractivity contribution in [1.29, 1.82) is 0 Å². The van der Waals surface area contributed by atoms with E-state index < -0.39 is 8.48 Å². The van der Waals surface area contributed by atoms with Crippen molar-refractivity contribution < 1.29 is 4.43 Å². The first-order valence-electron chi connectivity index (χ1n) is 5.16. The molecule has 0 saturated heterocycles. The minimum Gasteiger partial charge on any atom is -0.398 e. The summed E-state index contributed by atoms with van der Waals surface area (Å²) in [4.78, 5) is 3.53. The Hall–Kier alpha value is 0.137. The summed E-state index contributed by atoms with van der Waals surface area (Å²) in [6, 6.07) is 0.509. The van der Waals surface area contributed by atoms with Crippen molar-refractivity contribution in [2.75, 3.05) is 0 Å². The zero-order chi connectivity index (χ0) is 10.7. The molecule has 1 N–H and O–H groups in total. The van der Waals surface area contributed by atoms with Gasteiger partial charge in [-0.15, -0.1) is 0 Å². The van der Waals surface area contributed by atoms with E-state index in [-0.39, 0.29) is 5.60 Å². The maximum Gasteiger partial charge on any atom is 0.263 e. The molecule has 3 heteroatoms. The fourth-order valence-corrected chi connectivity index (χ4v) is 4.46. The predicted molar refractivity (Wildman–Crippen MR) is 61.2 cm³/mol. The van der Waals surface area contributed by atoms with Crippen LogP contribution < -0.4 is 4.98 Å². The molecule has 0 fully saturated rings. The van der Waals surface area contributed by atoms with Crippen molar-refractivity contribution in [3.8, 4) is 0 Å². The first-order valence-corrected chi connectivity index (χ1v) is 8.07.